The fourth-order valence-corrected chi connectivity index (χ4v) is 4.97. The fourth-order valence-electron chi connectivity index (χ4n) is 4.97. The summed E-state index contributed by atoms with van der Waals surface area (Å²) in [6.07, 6.45) is 5.39. The van der Waals surface area contributed by atoms with E-state index in [2.05, 4.69) is 26.8 Å². The van der Waals surface area contributed by atoms with Crippen LogP contribution in [-0.4, -0.2) is 21.8 Å². The van der Waals surface area contributed by atoms with E-state index in [0.29, 0.717) is 29.7 Å². The maximum atomic E-state index is 12.1. The topological polar surface area (TPSA) is 66.8 Å². The molecule has 1 aliphatic heterocycles. The molecule has 2 aliphatic rings. The first kappa shape index (κ1) is 19.6. The maximum Gasteiger partial charge on any atom is 0.339 e. The first-order chi connectivity index (χ1) is 13.8. The predicted octanol–water partition coefficient (Wildman–Crippen LogP) is 5.49. The average molecular weight is 392 g/mol. The number of carboxylic acid groups (broad SMARTS) is 1. The molecule has 0 bridgehead atoms. The molecule has 0 unspecified atom stereocenters. The van der Waals surface area contributed by atoms with E-state index >= 15 is 0 Å². The molecule has 0 saturated carbocycles. The normalized spacial score (nSPS) is 22.1. The fraction of sp³-hybridized carbons (Fsp3) is 0.400. The second-order valence-corrected chi connectivity index (χ2v) is 8.85. The third-order valence-electron chi connectivity index (χ3n) is 6.47. The second-order valence-electron chi connectivity index (χ2n) is 8.85. The zero-order valence-corrected chi connectivity index (χ0v) is 17.2. The summed E-state index contributed by atoms with van der Waals surface area (Å²) >= 11 is 0. The van der Waals surface area contributed by atoms with Gasteiger partial charge in [-0.2, -0.15) is 0 Å². The van der Waals surface area contributed by atoms with Crippen molar-refractivity contribution in [2.24, 2.45) is 5.92 Å². The summed E-state index contributed by atoms with van der Waals surface area (Å²) in [5.41, 5.74) is 3.30. The van der Waals surface area contributed by atoms with E-state index in [1.54, 1.807) is 0 Å². The van der Waals surface area contributed by atoms with Crippen molar-refractivity contribution in [3.05, 3.63) is 70.3 Å². The minimum absolute atomic E-state index is 0.0124. The van der Waals surface area contributed by atoms with E-state index in [-0.39, 0.29) is 28.7 Å². The number of fused-ring (bicyclic) bond motifs is 3. The molecule has 2 aromatic rings. The first-order valence-electron chi connectivity index (χ1n) is 10.3. The summed E-state index contributed by atoms with van der Waals surface area (Å²) in [7, 11) is 0. The van der Waals surface area contributed by atoms with Crippen LogP contribution in [0, 0.1) is 5.92 Å². The van der Waals surface area contributed by atoms with E-state index in [9.17, 15) is 15.0 Å². The number of benzene rings is 2. The highest BCUT2D eigenvalue weighted by Crippen LogP contribution is 2.54. The summed E-state index contributed by atoms with van der Waals surface area (Å²) in [5.74, 6) is -0.418. The molecule has 4 heteroatoms. The molecule has 0 spiro atoms. The molecule has 0 amide bonds. The summed E-state index contributed by atoms with van der Waals surface area (Å²) in [6.45, 7) is 6.28. The van der Waals surface area contributed by atoms with Crippen LogP contribution < -0.4 is 4.74 Å². The molecule has 2 atom stereocenters. The zero-order valence-electron chi connectivity index (χ0n) is 17.2. The number of hydrogen-bond donors (Lipinski definition) is 2. The Balaban J connectivity index is 1.81. The number of phenols is 1. The van der Waals surface area contributed by atoms with Crippen molar-refractivity contribution in [2.45, 2.75) is 58.0 Å². The van der Waals surface area contributed by atoms with Crippen LogP contribution in [0.25, 0.3) is 0 Å². The van der Waals surface area contributed by atoms with Crippen molar-refractivity contribution in [1.82, 2.24) is 0 Å². The highest BCUT2D eigenvalue weighted by Gasteiger charge is 2.46. The summed E-state index contributed by atoms with van der Waals surface area (Å²) in [6, 6.07) is 11.8. The van der Waals surface area contributed by atoms with Gasteiger partial charge in [0.05, 0.1) is 0 Å². The van der Waals surface area contributed by atoms with Crippen molar-refractivity contribution in [3.63, 3.8) is 0 Å². The van der Waals surface area contributed by atoms with Crippen LogP contribution in [0.3, 0.4) is 0 Å². The van der Waals surface area contributed by atoms with Gasteiger partial charge in [-0.1, -0.05) is 42.0 Å². The summed E-state index contributed by atoms with van der Waals surface area (Å²) in [5, 5.41) is 21.0. The molecule has 0 saturated heterocycles. The maximum absolute atomic E-state index is 12.1. The lowest BCUT2D eigenvalue weighted by Crippen LogP contribution is -2.45. The molecular weight excluding hydrogens is 364 g/mol. The van der Waals surface area contributed by atoms with Gasteiger partial charge in [0.15, 0.2) is 0 Å². The molecule has 29 heavy (non-hydrogen) atoms. The summed E-state index contributed by atoms with van der Waals surface area (Å²) in [4.78, 5) is 12.1. The molecule has 0 radical (unpaired) electrons. The molecule has 2 N–H and O–H groups in total. The van der Waals surface area contributed by atoms with Crippen LogP contribution in [-0.2, 0) is 12.8 Å². The molecule has 1 heterocycles. The van der Waals surface area contributed by atoms with Crippen molar-refractivity contribution < 1.29 is 19.7 Å². The number of carbonyl (C=O) groups is 1. The zero-order chi connectivity index (χ0) is 20.8. The van der Waals surface area contributed by atoms with Crippen LogP contribution in [0.4, 0.5) is 0 Å². The van der Waals surface area contributed by atoms with Gasteiger partial charge in [-0.15, -0.1) is 0 Å². The summed E-state index contributed by atoms with van der Waals surface area (Å²) < 4.78 is 6.35. The Morgan fingerprint density at radius 3 is 2.62 bits per heavy atom. The van der Waals surface area contributed by atoms with Gasteiger partial charge < -0.3 is 14.9 Å². The van der Waals surface area contributed by atoms with Crippen LogP contribution in [0.1, 0.15) is 66.6 Å². The van der Waals surface area contributed by atoms with Gasteiger partial charge >= 0.3 is 5.97 Å². The van der Waals surface area contributed by atoms with Crippen LogP contribution in [0.15, 0.2) is 48.0 Å². The molecule has 4 rings (SSSR count). The average Bonchev–Trinajstić information content (AvgIpc) is 2.65. The number of hydrogen-bond acceptors (Lipinski definition) is 3. The Morgan fingerprint density at radius 1 is 1.21 bits per heavy atom. The monoisotopic (exact) mass is 392 g/mol. The number of allylic oxidation sites excluding steroid dienone is 2. The molecule has 152 valence electrons. The molecule has 0 aromatic heterocycles. The van der Waals surface area contributed by atoms with Crippen LogP contribution in [0.2, 0.25) is 0 Å². The van der Waals surface area contributed by atoms with Crippen molar-refractivity contribution >= 4 is 5.97 Å². The van der Waals surface area contributed by atoms with Crippen LogP contribution >= 0.6 is 0 Å². The standard InChI is InChI=1S/C25H28O4/c1-15-9-12-19-18(13-15)22-20(29-25(19,2)3)14-17(21(23(22)26)24(27)28)11-10-16-7-5-4-6-8-16/h4-8,13-14,18-19,26H,9-12H2,1-3H3,(H,27,28)/t18-,19+/m0/s1. The lowest BCUT2D eigenvalue weighted by atomic mass is 9.67. The van der Waals surface area contributed by atoms with E-state index in [1.807, 2.05) is 36.4 Å². The largest absolute Gasteiger partial charge is 0.507 e. The van der Waals surface area contributed by atoms with Crippen molar-refractivity contribution in [1.29, 1.82) is 0 Å². The Labute approximate surface area is 171 Å². The van der Waals surface area contributed by atoms with Crippen LogP contribution in [0.5, 0.6) is 11.5 Å². The van der Waals surface area contributed by atoms with Gasteiger partial charge in [-0.05, 0) is 63.6 Å². The van der Waals surface area contributed by atoms with Gasteiger partial charge in [-0.25, -0.2) is 4.79 Å². The number of aromatic hydroxyl groups is 1. The Kier molecular flexibility index (Phi) is 4.89. The molecular formula is C25H28O4. The third kappa shape index (κ3) is 3.52. The number of ether oxygens (including phenoxy) is 1. The number of aromatic carboxylic acids is 1. The quantitative estimate of drug-likeness (QED) is 0.676. The minimum Gasteiger partial charge on any atom is -0.507 e. The van der Waals surface area contributed by atoms with Gasteiger partial charge in [0, 0.05) is 17.4 Å². The SMILES string of the molecule is CC1=C[C@@H]2c3c(cc(CCc4ccccc4)c(C(=O)O)c3O)OC(C)(C)[C@@H]2CC1. The minimum atomic E-state index is -1.09. The Bertz CT molecular complexity index is 972. The van der Waals surface area contributed by atoms with Crippen molar-refractivity contribution in [2.75, 3.05) is 0 Å². The molecule has 2 aromatic carbocycles. The number of aryl methyl sites for hydroxylation is 2. The van der Waals surface area contributed by atoms with E-state index in [1.165, 1.54) is 5.57 Å². The molecule has 4 nitrogen and oxygen atoms in total. The van der Waals surface area contributed by atoms with E-state index in [4.69, 9.17) is 4.74 Å². The van der Waals surface area contributed by atoms with Crippen molar-refractivity contribution in [3.8, 4) is 11.5 Å². The third-order valence-corrected chi connectivity index (χ3v) is 6.47. The van der Waals surface area contributed by atoms with Gasteiger partial charge in [0.25, 0.3) is 0 Å². The predicted molar refractivity (Wildman–Crippen MR) is 113 cm³/mol. The number of rotatable bonds is 4. The Hall–Kier alpha value is -2.75. The smallest absolute Gasteiger partial charge is 0.339 e. The number of carboxylic acids is 1. The molecule has 0 fully saturated rings. The first-order valence-corrected chi connectivity index (χ1v) is 10.3. The van der Waals surface area contributed by atoms with E-state index < -0.39 is 5.97 Å². The van der Waals surface area contributed by atoms with Gasteiger partial charge in [-0.3, -0.25) is 0 Å². The highest BCUT2D eigenvalue weighted by atomic mass is 16.5. The van der Waals surface area contributed by atoms with Gasteiger partial charge in [0.2, 0.25) is 0 Å². The lowest BCUT2D eigenvalue weighted by Gasteiger charge is -2.46. The molecule has 1 aliphatic carbocycles. The lowest BCUT2D eigenvalue weighted by molar-refractivity contribution is 0.0106. The second kappa shape index (κ2) is 7.25. The highest BCUT2D eigenvalue weighted by molar-refractivity contribution is 5.94. The Morgan fingerprint density at radius 2 is 1.93 bits per heavy atom. The van der Waals surface area contributed by atoms with E-state index in [0.717, 1.165) is 18.4 Å². The van der Waals surface area contributed by atoms with Gasteiger partial charge in [0.1, 0.15) is 22.7 Å².